The van der Waals surface area contributed by atoms with Gasteiger partial charge in [0.1, 0.15) is 6.04 Å². The molecule has 2 aromatic carbocycles. The van der Waals surface area contributed by atoms with E-state index in [0.717, 1.165) is 24.1 Å². The first-order valence-corrected chi connectivity index (χ1v) is 10.5. The Hall–Kier alpha value is -3.72. The molecule has 1 aliphatic heterocycles. The van der Waals surface area contributed by atoms with E-state index < -0.39 is 6.04 Å². The Morgan fingerprint density at radius 2 is 2.00 bits per heavy atom. The van der Waals surface area contributed by atoms with Crippen LogP contribution in [-0.2, 0) is 16.1 Å². The van der Waals surface area contributed by atoms with Gasteiger partial charge in [0.2, 0.25) is 11.8 Å². The van der Waals surface area contributed by atoms with Crippen LogP contribution in [0.5, 0.6) is 0 Å². The maximum absolute atomic E-state index is 12.5. The third-order valence-corrected chi connectivity index (χ3v) is 5.40. The normalized spacial score (nSPS) is 15.8. The average molecular weight is 435 g/mol. The Labute approximate surface area is 185 Å². The van der Waals surface area contributed by atoms with Crippen LogP contribution in [0.1, 0.15) is 23.2 Å². The van der Waals surface area contributed by atoms with Crippen molar-refractivity contribution in [3.63, 3.8) is 0 Å². The summed E-state index contributed by atoms with van der Waals surface area (Å²) in [4.78, 5) is 43.9. The number of nitrogens with zero attached hydrogens (tertiary/aromatic N) is 3. The van der Waals surface area contributed by atoms with E-state index in [1.807, 2.05) is 32.3 Å². The number of carbonyl (C=O) groups is 3. The second kappa shape index (κ2) is 9.19. The molecule has 0 spiro atoms. The number of amides is 3. The van der Waals surface area contributed by atoms with E-state index >= 15 is 0 Å². The van der Waals surface area contributed by atoms with E-state index in [1.54, 1.807) is 30.6 Å². The third kappa shape index (κ3) is 4.78. The molecule has 9 nitrogen and oxygen atoms in total. The van der Waals surface area contributed by atoms with Crippen LogP contribution in [0, 0.1) is 0 Å². The topological polar surface area (TPSA) is 108 Å². The lowest BCUT2D eigenvalue weighted by Gasteiger charge is -2.14. The molecule has 0 radical (unpaired) electrons. The highest BCUT2D eigenvalue weighted by Crippen LogP contribution is 2.21. The van der Waals surface area contributed by atoms with Crippen molar-refractivity contribution in [3.05, 3.63) is 54.4 Å². The zero-order valence-corrected chi connectivity index (χ0v) is 18.1. The Morgan fingerprint density at radius 3 is 2.81 bits per heavy atom. The monoisotopic (exact) mass is 434 g/mol. The minimum absolute atomic E-state index is 0.0873. The molecule has 0 saturated heterocycles. The first-order valence-electron chi connectivity index (χ1n) is 10.5. The quantitative estimate of drug-likeness (QED) is 0.528. The number of para-hydroxylation sites is 1. The summed E-state index contributed by atoms with van der Waals surface area (Å²) in [6, 6.07) is 11.6. The fraction of sp³-hybridized carbons (Fsp3) is 0.304. The number of hydrogen-bond acceptors (Lipinski definition) is 5. The van der Waals surface area contributed by atoms with Crippen molar-refractivity contribution in [3.8, 4) is 0 Å². The Balaban J connectivity index is 1.35. The highest BCUT2D eigenvalue weighted by molar-refractivity contribution is 6.10. The van der Waals surface area contributed by atoms with Crippen LogP contribution < -0.4 is 16.0 Å². The van der Waals surface area contributed by atoms with Gasteiger partial charge in [0, 0.05) is 25.2 Å². The van der Waals surface area contributed by atoms with Gasteiger partial charge in [-0.05, 0) is 50.8 Å². The number of likely N-dealkylation sites (N-methyl/N-ethyl adjacent to an activating group) is 1. The Morgan fingerprint density at radius 1 is 1.19 bits per heavy atom. The van der Waals surface area contributed by atoms with Gasteiger partial charge < -0.3 is 25.4 Å². The van der Waals surface area contributed by atoms with Crippen molar-refractivity contribution in [1.82, 2.24) is 19.8 Å². The van der Waals surface area contributed by atoms with Crippen molar-refractivity contribution in [1.29, 1.82) is 0 Å². The number of fused-ring (bicyclic) bond motifs is 2. The van der Waals surface area contributed by atoms with Gasteiger partial charge >= 0.3 is 0 Å². The number of aromatic nitrogens is 2. The van der Waals surface area contributed by atoms with E-state index in [9.17, 15) is 14.4 Å². The molecule has 9 heteroatoms. The molecule has 0 aliphatic carbocycles. The summed E-state index contributed by atoms with van der Waals surface area (Å²) in [5.74, 6) is -0.902. The number of benzene rings is 2. The number of anilines is 2. The fourth-order valence-electron chi connectivity index (χ4n) is 3.64. The van der Waals surface area contributed by atoms with Crippen LogP contribution in [0.2, 0.25) is 0 Å². The summed E-state index contributed by atoms with van der Waals surface area (Å²) >= 11 is 0. The van der Waals surface area contributed by atoms with Crippen LogP contribution in [0.3, 0.4) is 0 Å². The second-order valence-corrected chi connectivity index (χ2v) is 8.09. The minimum Gasteiger partial charge on any atom is -0.340 e. The third-order valence-electron chi connectivity index (χ3n) is 5.40. The maximum Gasteiger partial charge on any atom is 0.254 e. The van der Waals surface area contributed by atoms with E-state index in [2.05, 4.69) is 30.4 Å². The number of hydrogen-bond donors (Lipinski definition) is 3. The molecule has 3 amide bonds. The van der Waals surface area contributed by atoms with Crippen LogP contribution in [0.15, 0.2) is 48.8 Å². The van der Waals surface area contributed by atoms with E-state index in [1.165, 1.54) is 0 Å². The zero-order chi connectivity index (χ0) is 22.7. The molecule has 3 aromatic rings. The SMILES string of the molecule is CN(C)CCn1cnc2cc(NC(=O)CC[C@@H]3NC(=O)c4ccccc4NC3=O)ccc21. The fourth-order valence-corrected chi connectivity index (χ4v) is 3.64. The van der Waals surface area contributed by atoms with Gasteiger partial charge in [-0.3, -0.25) is 14.4 Å². The summed E-state index contributed by atoms with van der Waals surface area (Å²) in [6.45, 7) is 1.73. The zero-order valence-electron chi connectivity index (χ0n) is 18.1. The minimum atomic E-state index is -0.782. The average Bonchev–Trinajstić information content (AvgIpc) is 3.12. The predicted octanol–water partition coefficient (Wildman–Crippen LogP) is 2.07. The number of imidazole rings is 1. The van der Waals surface area contributed by atoms with Gasteiger partial charge in [-0.25, -0.2) is 4.98 Å². The van der Waals surface area contributed by atoms with Crippen molar-refractivity contribution in [2.24, 2.45) is 0 Å². The molecular formula is C23H26N6O3. The summed E-state index contributed by atoms with van der Waals surface area (Å²) in [7, 11) is 4.05. The molecule has 0 fully saturated rings. The highest BCUT2D eigenvalue weighted by Gasteiger charge is 2.27. The number of nitrogens with one attached hydrogen (secondary N) is 3. The van der Waals surface area contributed by atoms with Crippen LogP contribution in [0.4, 0.5) is 11.4 Å². The van der Waals surface area contributed by atoms with Crippen molar-refractivity contribution < 1.29 is 14.4 Å². The maximum atomic E-state index is 12.5. The molecular weight excluding hydrogens is 408 g/mol. The summed E-state index contributed by atoms with van der Waals surface area (Å²) in [6.07, 6.45) is 2.08. The summed E-state index contributed by atoms with van der Waals surface area (Å²) < 4.78 is 2.08. The molecule has 166 valence electrons. The smallest absolute Gasteiger partial charge is 0.254 e. The highest BCUT2D eigenvalue weighted by atomic mass is 16.2. The molecule has 0 saturated carbocycles. The molecule has 0 unspecified atom stereocenters. The Bertz CT molecular complexity index is 1170. The summed E-state index contributed by atoms with van der Waals surface area (Å²) in [5, 5.41) is 8.30. The van der Waals surface area contributed by atoms with Crippen molar-refractivity contribution in [2.75, 3.05) is 31.3 Å². The van der Waals surface area contributed by atoms with Crippen molar-refractivity contribution >= 4 is 40.1 Å². The second-order valence-electron chi connectivity index (χ2n) is 8.09. The lowest BCUT2D eigenvalue weighted by Crippen LogP contribution is -2.41. The van der Waals surface area contributed by atoms with Crippen LogP contribution in [-0.4, -0.2) is 58.9 Å². The first kappa shape index (κ1) is 21.5. The van der Waals surface area contributed by atoms with Gasteiger partial charge in [-0.15, -0.1) is 0 Å². The molecule has 1 aliphatic rings. The predicted molar refractivity (Wildman–Crippen MR) is 122 cm³/mol. The van der Waals surface area contributed by atoms with E-state index in [-0.39, 0.29) is 30.6 Å². The van der Waals surface area contributed by atoms with Gasteiger partial charge in [0.15, 0.2) is 0 Å². The first-order chi connectivity index (χ1) is 15.4. The summed E-state index contributed by atoms with van der Waals surface area (Å²) in [5.41, 5.74) is 3.32. The van der Waals surface area contributed by atoms with Gasteiger partial charge in [-0.1, -0.05) is 12.1 Å². The number of rotatable bonds is 7. The van der Waals surface area contributed by atoms with Crippen LogP contribution >= 0.6 is 0 Å². The van der Waals surface area contributed by atoms with Crippen LogP contribution in [0.25, 0.3) is 11.0 Å². The van der Waals surface area contributed by atoms with Gasteiger partial charge in [-0.2, -0.15) is 0 Å². The molecule has 2 heterocycles. The number of carbonyl (C=O) groups excluding carboxylic acids is 3. The Kier molecular flexibility index (Phi) is 6.18. The molecule has 1 atom stereocenters. The van der Waals surface area contributed by atoms with Gasteiger partial charge in [0.05, 0.1) is 28.6 Å². The lowest BCUT2D eigenvalue weighted by molar-refractivity contribution is -0.118. The molecule has 1 aromatic heterocycles. The van der Waals surface area contributed by atoms with Crippen molar-refractivity contribution in [2.45, 2.75) is 25.4 Å². The van der Waals surface area contributed by atoms with Gasteiger partial charge in [0.25, 0.3) is 5.91 Å². The largest absolute Gasteiger partial charge is 0.340 e. The standard InChI is InChI=1S/C23H26N6O3/c1-28(2)11-12-29-14-24-19-13-15(7-9-20(19)29)25-21(30)10-8-18-23(32)26-17-6-4-3-5-16(17)22(31)27-18/h3-7,9,13-14,18H,8,10-12H2,1-2H3,(H,25,30)(H,26,32)(H,27,31)/t18-/m0/s1. The molecule has 0 bridgehead atoms. The van der Waals surface area contributed by atoms with E-state index in [4.69, 9.17) is 0 Å². The molecule has 4 rings (SSSR count). The molecule has 32 heavy (non-hydrogen) atoms. The van der Waals surface area contributed by atoms with E-state index in [0.29, 0.717) is 16.9 Å². The molecule has 3 N–H and O–H groups in total. The lowest BCUT2D eigenvalue weighted by atomic mass is 10.1.